The van der Waals surface area contributed by atoms with E-state index in [4.69, 9.17) is 10.00 Å². The van der Waals surface area contributed by atoms with Crippen molar-refractivity contribution in [3.8, 4) is 11.8 Å². The van der Waals surface area contributed by atoms with Crippen molar-refractivity contribution < 1.29 is 4.74 Å². The molecule has 98 valence electrons. The maximum Gasteiger partial charge on any atom is 0.119 e. The highest BCUT2D eigenvalue weighted by molar-refractivity contribution is 5.28. The predicted molar refractivity (Wildman–Crippen MR) is 73.4 cm³/mol. The number of nitrogens with one attached hydrogen (secondary N) is 1. The Hall–Kier alpha value is -1.53. The molecule has 0 aromatic heterocycles. The molecule has 1 rings (SSSR count). The van der Waals surface area contributed by atoms with Crippen LogP contribution in [-0.2, 0) is 6.54 Å². The van der Waals surface area contributed by atoms with Crippen molar-refractivity contribution in [3.05, 3.63) is 29.8 Å². The zero-order valence-electron chi connectivity index (χ0n) is 11.5. The largest absolute Gasteiger partial charge is 0.494 e. The van der Waals surface area contributed by atoms with E-state index in [1.807, 2.05) is 18.2 Å². The van der Waals surface area contributed by atoms with Crippen LogP contribution in [0.2, 0.25) is 0 Å². The minimum Gasteiger partial charge on any atom is -0.494 e. The number of unbranched alkanes of at least 4 members (excludes halogenated alkanes) is 1. The van der Waals surface area contributed by atoms with E-state index in [0.29, 0.717) is 13.0 Å². The zero-order valence-corrected chi connectivity index (χ0v) is 11.5. The molecule has 0 heterocycles. The molecule has 1 aromatic carbocycles. The van der Waals surface area contributed by atoms with Gasteiger partial charge in [0.1, 0.15) is 5.75 Å². The van der Waals surface area contributed by atoms with E-state index in [-0.39, 0.29) is 5.54 Å². The highest BCUT2D eigenvalue weighted by atomic mass is 16.5. The molecule has 0 aliphatic rings. The molecule has 0 aliphatic carbocycles. The molecule has 0 atom stereocenters. The number of nitrogens with zero attached hydrogens (tertiary/aromatic N) is 1. The standard InChI is InChI=1S/C15H22N2O/c1-15(2,3)17-12-13-7-6-8-14(11-13)18-10-5-4-9-16/h6-8,11,17H,4-5,10,12H2,1-3H3. The van der Waals surface area contributed by atoms with E-state index >= 15 is 0 Å². The van der Waals surface area contributed by atoms with Crippen molar-refractivity contribution in [2.75, 3.05) is 6.61 Å². The third kappa shape index (κ3) is 6.27. The van der Waals surface area contributed by atoms with Crippen molar-refractivity contribution >= 4 is 0 Å². The fourth-order valence-corrected chi connectivity index (χ4v) is 1.45. The van der Waals surface area contributed by atoms with E-state index < -0.39 is 0 Å². The summed E-state index contributed by atoms with van der Waals surface area (Å²) in [5.74, 6) is 0.876. The maximum absolute atomic E-state index is 8.44. The first-order valence-electron chi connectivity index (χ1n) is 6.35. The Kier molecular flexibility index (Phi) is 5.67. The number of hydrogen-bond donors (Lipinski definition) is 1. The van der Waals surface area contributed by atoms with Gasteiger partial charge in [-0.1, -0.05) is 12.1 Å². The smallest absolute Gasteiger partial charge is 0.119 e. The van der Waals surface area contributed by atoms with Crippen LogP contribution in [0.15, 0.2) is 24.3 Å². The fraction of sp³-hybridized carbons (Fsp3) is 0.533. The Morgan fingerprint density at radius 2 is 2.11 bits per heavy atom. The van der Waals surface area contributed by atoms with Crippen LogP contribution in [-0.4, -0.2) is 12.1 Å². The lowest BCUT2D eigenvalue weighted by atomic mass is 10.1. The third-order valence-corrected chi connectivity index (χ3v) is 2.42. The normalized spacial score (nSPS) is 11.0. The highest BCUT2D eigenvalue weighted by Gasteiger charge is 2.08. The minimum absolute atomic E-state index is 0.115. The van der Waals surface area contributed by atoms with Gasteiger partial charge in [0.2, 0.25) is 0 Å². The van der Waals surface area contributed by atoms with E-state index in [1.54, 1.807) is 0 Å². The molecule has 1 aromatic rings. The number of rotatable bonds is 6. The first kappa shape index (κ1) is 14.5. The summed E-state index contributed by atoms with van der Waals surface area (Å²) in [5.41, 5.74) is 1.33. The summed E-state index contributed by atoms with van der Waals surface area (Å²) in [6.45, 7) is 7.88. The summed E-state index contributed by atoms with van der Waals surface area (Å²) in [5, 5.41) is 11.9. The summed E-state index contributed by atoms with van der Waals surface area (Å²) in [7, 11) is 0. The Balaban J connectivity index is 2.44. The van der Waals surface area contributed by atoms with E-state index in [1.165, 1.54) is 5.56 Å². The van der Waals surface area contributed by atoms with Gasteiger partial charge in [-0.05, 0) is 44.9 Å². The van der Waals surface area contributed by atoms with Gasteiger partial charge in [-0.3, -0.25) is 0 Å². The van der Waals surface area contributed by atoms with E-state index in [2.05, 4.69) is 38.2 Å². The Labute approximate surface area is 110 Å². The SMILES string of the molecule is CC(C)(C)NCc1cccc(OCCCC#N)c1. The van der Waals surface area contributed by atoms with Crippen molar-refractivity contribution in [2.24, 2.45) is 0 Å². The van der Waals surface area contributed by atoms with Gasteiger partial charge in [0, 0.05) is 18.5 Å². The van der Waals surface area contributed by atoms with Crippen molar-refractivity contribution in [1.29, 1.82) is 5.26 Å². The molecule has 18 heavy (non-hydrogen) atoms. The van der Waals surface area contributed by atoms with Gasteiger partial charge in [-0.2, -0.15) is 5.26 Å². The van der Waals surface area contributed by atoms with Crippen LogP contribution >= 0.6 is 0 Å². The van der Waals surface area contributed by atoms with Gasteiger partial charge in [0.05, 0.1) is 12.7 Å². The van der Waals surface area contributed by atoms with Crippen molar-refractivity contribution in [3.63, 3.8) is 0 Å². The van der Waals surface area contributed by atoms with Crippen LogP contribution in [0.4, 0.5) is 0 Å². The molecule has 0 fully saturated rings. The quantitative estimate of drug-likeness (QED) is 0.784. The fourth-order valence-electron chi connectivity index (χ4n) is 1.45. The molecule has 3 heteroatoms. The van der Waals surface area contributed by atoms with Gasteiger partial charge < -0.3 is 10.1 Å². The second kappa shape index (κ2) is 7.03. The lowest BCUT2D eigenvalue weighted by Crippen LogP contribution is -2.35. The molecule has 0 aliphatic heterocycles. The topological polar surface area (TPSA) is 45.0 Å². The number of nitriles is 1. The van der Waals surface area contributed by atoms with Gasteiger partial charge in [-0.25, -0.2) is 0 Å². The van der Waals surface area contributed by atoms with Gasteiger partial charge in [0.15, 0.2) is 0 Å². The Morgan fingerprint density at radius 3 is 2.78 bits per heavy atom. The summed E-state index contributed by atoms with van der Waals surface area (Å²) >= 11 is 0. The summed E-state index contributed by atoms with van der Waals surface area (Å²) in [6, 6.07) is 10.2. The molecular weight excluding hydrogens is 224 g/mol. The van der Waals surface area contributed by atoms with Crippen LogP contribution < -0.4 is 10.1 Å². The van der Waals surface area contributed by atoms with Crippen molar-refractivity contribution in [2.45, 2.75) is 45.7 Å². The molecular formula is C15H22N2O. The van der Waals surface area contributed by atoms with Gasteiger partial charge in [0.25, 0.3) is 0 Å². The average Bonchev–Trinajstić information content (AvgIpc) is 2.32. The molecule has 0 bridgehead atoms. The van der Waals surface area contributed by atoms with Crippen LogP contribution in [0.25, 0.3) is 0 Å². The summed E-state index contributed by atoms with van der Waals surface area (Å²) in [4.78, 5) is 0. The summed E-state index contributed by atoms with van der Waals surface area (Å²) < 4.78 is 5.60. The molecule has 0 unspecified atom stereocenters. The molecule has 0 amide bonds. The van der Waals surface area contributed by atoms with Crippen LogP contribution in [0.3, 0.4) is 0 Å². The van der Waals surface area contributed by atoms with Gasteiger partial charge in [-0.15, -0.1) is 0 Å². The number of ether oxygens (including phenoxy) is 1. The predicted octanol–water partition coefficient (Wildman–Crippen LogP) is 3.26. The van der Waals surface area contributed by atoms with Crippen LogP contribution in [0.5, 0.6) is 5.75 Å². The second-order valence-corrected chi connectivity index (χ2v) is 5.36. The van der Waals surface area contributed by atoms with Gasteiger partial charge >= 0.3 is 0 Å². The van der Waals surface area contributed by atoms with E-state index in [0.717, 1.165) is 18.7 Å². The monoisotopic (exact) mass is 246 g/mol. The average molecular weight is 246 g/mol. The highest BCUT2D eigenvalue weighted by Crippen LogP contribution is 2.14. The van der Waals surface area contributed by atoms with Crippen molar-refractivity contribution in [1.82, 2.24) is 5.32 Å². The molecule has 3 nitrogen and oxygen atoms in total. The number of hydrogen-bond acceptors (Lipinski definition) is 3. The molecule has 0 radical (unpaired) electrons. The minimum atomic E-state index is 0.115. The summed E-state index contributed by atoms with van der Waals surface area (Å²) in [6.07, 6.45) is 1.33. The molecule has 0 spiro atoms. The third-order valence-electron chi connectivity index (χ3n) is 2.42. The van der Waals surface area contributed by atoms with Crippen LogP contribution in [0.1, 0.15) is 39.2 Å². The first-order chi connectivity index (χ1) is 8.51. The molecule has 0 saturated heterocycles. The Bertz CT molecular complexity index is 402. The zero-order chi connectivity index (χ0) is 13.4. The Morgan fingerprint density at radius 1 is 1.33 bits per heavy atom. The lowest BCUT2D eigenvalue weighted by molar-refractivity contribution is 0.312. The maximum atomic E-state index is 8.44. The molecule has 0 saturated carbocycles. The number of benzene rings is 1. The van der Waals surface area contributed by atoms with E-state index in [9.17, 15) is 0 Å². The van der Waals surface area contributed by atoms with Crippen LogP contribution in [0, 0.1) is 11.3 Å². The molecule has 1 N–H and O–H groups in total. The second-order valence-electron chi connectivity index (χ2n) is 5.36. The first-order valence-corrected chi connectivity index (χ1v) is 6.35. The lowest BCUT2D eigenvalue weighted by Gasteiger charge is -2.20.